The lowest BCUT2D eigenvalue weighted by atomic mass is 10.0. The molecule has 0 heterocycles. The summed E-state index contributed by atoms with van der Waals surface area (Å²) < 4.78 is 5.95. The molecule has 3 unspecified atom stereocenters. The number of rotatable bonds is 53. The third-order valence-electron chi connectivity index (χ3n) is 13.4. The van der Waals surface area contributed by atoms with Gasteiger partial charge in [-0.15, -0.1) is 0 Å². The van der Waals surface area contributed by atoms with Gasteiger partial charge in [-0.25, -0.2) is 0 Å². The van der Waals surface area contributed by atoms with Gasteiger partial charge >= 0.3 is 5.97 Å². The van der Waals surface area contributed by atoms with E-state index in [1.807, 2.05) is 0 Å². The quantitative estimate of drug-likeness (QED) is 0.0244. The zero-order valence-electron chi connectivity index (χ0n) is 45.2. The highest BCUT2D eigenvalue weighted by molar-refractivity contribution is 5.77. The van der Waals surface area contributed by atoms with Crippen molar-refractivity contribution >= 4 is 11.9 Å². The van der Waals surface area contributed by atoms with E-state index in [0.717, 1.165) is 70.6 Å². The van der Waals surface area contributed by atoms with Gasteiger partial charge in [-0.3, -0.25) is 9.59 Å². The number of carbonyl (C=O) groups is 2. The minimum atomic E-state index is -0.802. The highest BCUT2D eigenvalue weighted by Crippen LogP contribution is 2.18. The van der Waals surface area contributed by atoms with E-state index in [2.05, 4.69) is 86.8 Å². The van der Waals surface area contributed by atoms with Gasteiger partial charge in [-0.2, -0.15) is 0 Å². The largest absolute Gasteiger partial charge is 0.462 e. The van der Waals surface area contributed by atoms with Crippen LogP contribution in [-0.4, -0.2) is 46.9 Å². The Kier molecular flexibility index (Phi) is 53.5. The van der Waals surface area contributed by atoms with Gasteiger partial charge in [0.05, 0.1) is 25.2 Å². The van der Waals surface area contributed by atoms with Crippen molar-refractivity contribution in [2.75, 3.05) is 6.61 Å². The molecule has 0 aliphatic heterocycles. The fraction of sp³-hybridized carbons (Fsp3) is 0.806. The van der Waals surface area contributed by atoms with Crippen molar-refractivity contribution in [3.8, 4) is 0 Å². The maximum Gasteiger partial charge on any atom is 0.306 e. The minimum Gasteiger partial charge on any atom is -0.462 e. The van der Waals surface area contributed by atoms with Crippen LogP contribution in [0.15, 0.2) is 60.8 Å². The topological polar surface area (TPSA) is 95.9 Å². The molecule has 0 aromatic carbocycles. The number of hydrogen-bond acceptors (Lipinski definition) is 5. The number of aliphatic hydroxyl groups is 2. The summed E-state index contributed by atoms with van der Waals surface area (Å²) in [6, 6.07) is -0.718. The van der Waals surface area contributed by atoms with Crippen molar-refractivity contribution in [3.05, 3.63) is 60.8 Å². The van der Waals surface area contributed by atoms with E-state index in [0.29, 0.717) is 19.3 Å². The molecule has 0 radical (unpaired) electrons. The van der Waals surface area contributed by atoms with E-state index in [1.165, 1.54) is 180 Å². The number of esters is 1. The van der Waals surface area contributed by atoms with Crippen molar-refractivity contribution in [2.45, 2.75) is 315 Å². The summed E-state index contributed by atoms with van der Waals surface area (Å²) in [5, 5.41) is 23.9. The molecule has 0 aliphatic rings. The Balaban J connectivity index is 4.62. The zero-order valence-corrected chi connectivity index (χ0v) is 45.2. The second-order valence-corrected chi connectivity index (χ2v) is 20.1. The van der Waals surface area contributed by atoms with E-state index in [-0.39, 0.29) is 24.9 Å². The lowest BCUT2D eigenvalue weighted by molar-refractivity contribution is -0.151. The molecule has 1 amide bonds. The predicted molar refractivity (Wildman–Crippen MR) is 296 cm³/mol. The van der Waals surface area contributed by atoms with E-state index < -0.39 is 18.2 Å². The van der Waals surface area contributed by atoms with E-state index >= 15 is 0 Å². The van der Waals surface area contributed by atoms with Crippen molar-refractivity contribution < 1.29 is 24.5 Å². The third-order valence-corrected chi connectivity index (χ3v) is 13.4. The standard InChI is InChI=1S/C62H113NO5/c1-4-7-10-13-16-19-22-25-28-31-34-37-40-43-46-49-52-55-62(67)68-58(53-50-47-44-41-38-35-32-29-26-23-20-17-14-11-8-5-2)56-61(66)63-59(57-64)60(65)54-51-48-45-42-39-36-33-30-27-24-21-18-15-12-9-6-3/h17,20,23,25-26,28-29,32,35,38,58-60,64-65H,4-16,18-19,21-22,24,27,30-31,33-34,36-37,39-57H2,1-3H3,(H,63,66)/b20-17+,26-23+,28-25+,32-29+,38-35+. The first-order valence-corrected chi connectivity index (χ1v) is 29.6. The molecular formula is C62H113NO5. The number of hydrogen-bond donors (Lipinski definition) is 3. The Hall–Kier alpha value is -2.44. The molecule has 3 N–H and O–H groups in total. The Bertz CT molecular complexity index is 1210. The zero-order chi connectivity index (χ0) is 49.5. The molecule has 68 heavy (non-hydrogen) atoms. The van der Waals surface area contributed by atoms with Gasteiger partial charge in [0.1, 0.15) is 6.10 Å². The number of nitrogens with one attached hydrogen (secondary N) is 1. The number of unbranched alkanes of at least 4 members (excludes halogenated alkanes) is 34. The van der Waals surface area contributed by atoms with Crippen molar-refractivity contribution in [1.29, 1.82) is 0 Å². The Morgan fingerprint density at radius 2 is 0.765 bits per heavy atom. The summed E-state index contributed by atoms with van der Waals surface area (Å²) in [6.45, 7) is 6.46. The van der Waals surface area contributed by atoms with Crippen LogP contribution in [0.4, 0.5) is 0 Å². The highest BCUT2D eigenvalue weighted by Gasteiger charge is 2.24. The molecule has 0 spiro atoms. The average molecular weight is 953 g/mol. The van der Waals surface area contributed by atoms with Crippen molar-refractivity contribution in [3.63, 3.8) is 0 Å². The lowest BCUT2D eigenvalue weighted by Crippen LogP contribution is -2.46. The predicted octanol–water partition coefficient (Wildman–Crippen LogP) is 18.4. The molecule has 6 heteroatoms. The fourth-order valence-electron chi connectivity index (χ4n) is 8.91. The molecule has 0 aromatic rings. The van der Waals surface area contributed by atoms with Gasteiger partial charge in [-0.1, -0.05) is 268 Å². The normalized spacial score (nSPS) is 13.5. The van der Waals surface area contributed by atoms with E-state index in [4.69, 9.17) is 4.74 Å². The molecule has 0 saturated heterocycles. The molecule has 0 fully saturated rings. The number of allylic oxidation sites excluding steroid dienone is 10. The third kappa shape index (κ3) is 50.0. The molecule has 396 valence electrons. The van der Waals surface area contributed by atoms with Gasteiger partial charge in [0, 0.05) is 6.42 Å². The summed E-state index contributed by atoms with van der Waals surface area (Å²) >= 11 is 0. The first kappa shape index (κ1) is 65.6. The molecule has 0 saturated carbocycles. The van der Waals surface area contributed by atoms with Crippen LogP contribution < -0.4 is 5.32 Å². The van der Waals surface area contributed by atoms with Crippen molar-refractivity contribution in [2.24, 2.45) is 0 Å². The second kappa shape index (κ2) is 55.5. The summed E-state index contributed by atoms with van der Waals surface area (Å²) in [5.74, 6) is -0.509. The summed E-state index contributed by atoms with van der Waals surface area (Å²) in [6.07, 6.45) is 70.0. The molecule has 0 aromatic heterocycles. The van der Waals surface area contributed by atoms with Crippen LogP contribution in [0.5, 0.6) is 0 Å². The molecular weight excluding hydrogens is 839 g/mol. The molecule has 0 bridgehead atoms. The second-order valence-electron chi connectivity index (χ2n) is 20.1. The first-order valence-electron chi connectivity index (χ1n) is 29.6. The smallest absolute Gasteiger partial charge is 0.306 e. The maximum atomic E-state index is 13.3. The van der Waals surface area contributed by atoms with Gasteiger partial charge in [0.2, 0.25) is 5.91 Å². The fourth-order valence-corrected chi connectivity index (χ4v) is 8.91. The van der Waals surface area contributed by atoms with Crippen LogP contribution in [-0.2, 0) is 14.3 Å². The van der Waals surface area contributed by atoms with Gasteiger partial charge in [-0.05, 0) is 77.0 Å². The van der Waals surface area contributed by atoms with Crippen LogP contribution in [0.2, 0.25) is 0 Å². The van der Waals surface area contributed by atoms with Gasteiger partial charge in [0.25, 0.3) is 0 Å². The van der Waals surface area contributed by atoms with Crippen molar-refractivity contribution in [1.82, 2.24) is 5.32 Å². The number of amides is 1. The van der Waals surface area contributed by atoms with Gasteiger partial charge in [0.15, 0.2) is 0 Å². The molecule has 3 atom stereocenters. The Morgan fingerprint density at radius 3 is 1.22 bits per heavy atom. The van der Waals surface area contributed by atoms with E-state index in [9.17, 15) is 19.8 Å². The molecule has 0 rings (SSSR count). The minimum absolute atomic E-state index is 0.0500. The SMILES string of the molecule is CCCCC/C=C/C=C/C=C/C=C/CCCCCC(CC(=O)NC(CO)C(O)CCCCCCCCCCCCCCCCCC)OC(=O)CCCCCCCCC/C=C/CCCCCCCC. The monoisotopic (exact) mass is 952 g/mol. The molecule has 0 aliphatic carbocycles. The van der Waals surface area contributed by atoms with Gasteiger partial charge < -0.3 is 20.3 Å². The Labute approximate surface area is 422 Å². The number of aliphatic hydroxyl groups excluding tert-OH is 2. The summed E-state index contributed by atoms with van der Waals surface area (Å²) in [5.41, 5.74) is 0. The van der Waals surface area contributed by atoms with Crippen LogP contribution >= 0.6 is 0 Å². The summed E-state index contributed by atoms with van der Waals surface area (Å²) in [7, 11) is 0. The van der Waals surface area contributed by atoms with Crippen LogP contribution in [0, 0.1) is 0 Å². The number of ether oxygens (including phenoxy) is 1. The van der Waals surface area contributed by atoms with Crippen LogP contribution in [0.25, 0.3) is 0 Å². The number of carbonyl (C=O) groups excluding carboxylic acids is 2. The van der Waals surface area contributed by atoms with Crippen LogP contribution in [0.3, 0.4) is 0 Å². The first-order chi connectivity index (χ1) is 33.5. The van der Waals surface area contributed by atoms with E-state index in [1.54, 1.807) is 0 Å². The summed E-state index contributed by atoms with van der Waals surface area (Å²) in [4.78, 5) is 26.3. The lowest BCUT2D eigenvalue weighted by Gasteiger charge is -2.24. The Morgan fingerprint density at radius 1 is 0.426 bits per heavy atom. The molecule has 6 nitrogen and oxygen atoms in total. The highest BCUT2D eigenvalue weighted by atomic mass is 16.5. The average Bonchev–Trinajstić information content (AvgIpc) is 3.33. The van der Waals surface area contributed by atoms with Crippen LogP contribution in [0.1, 0.15) is 297 Å². The maximum absolute atomic E-state index is 13.3.